The molecule has 1 unspecified atom stereocenters. The maximum atomic E-state index is 10.2. The van der Waals surface area contributed by atoms with Crippen LogP contribution in [0.1, 0.15) is 29.3 Å². The Balaban J connectivity index is 1.65. The lowest BCUT2D eigenvalue weighted by Gasteiger charge is -2.11. The van der Waals surface area contributed by atoms with E-state index in [1.54, 1.807) is 6.20 Å². The molecule has 0 spiro atoms. The molecule has 19 heavy (non-hydrogen) atoms. The van der Waals surface area contributed by atoms with Gasteiger partial charge in [-0.25, -0.2) is 0 Å². The van der Waals surface area contributed by atoms with Gasteiger partial charge in [-0.1, -0.05) is 12.1 Å². The molecule has 2 heterocycles. The van der Waals surface area contributed by atoms with Crippen LogP contribution < -0.4 is 4.74 Å². The van der Waals surface area contributed by atoms with Crippen LogP contribution in [0, 0.1) is 0 Å². The molecule has 0 amide bonds. The second-order valence-corrected chi connectivity index (χ2v) is 4.84. The normalized spacial score (nSPS) is 14.8. The summed E-state index contributed by atoms with van der Waals surface area (Å²) in [6, 6.07) is 11.8. The molecule has 1 aromatic heterocycles. The van der Waals surface area contributed by atoms with Gasteiger partial charge in [0.15, 0.2) is 0 Å². The van der Waals surface area contributed by atoms with Gasteiger partial charge in [-0.15, -0.1) is 0 Å². The molecule has 3 rings (SSSR count). The van der Waals surface area contributed by atoms with Crippen LogP contribution in [0.4, 0.5) is 0 Å². The van der Waals surface area contributed by atoms with E-state index in [1.807, 2.05) is 30.3 Å². The summed E-state index contributed by atoms with van der Waals surface area (Å²) in [6.07, 6.45) is 3.77. The molecule has 0 aliphatic carbocycles. The maximum Gasteiger partial charge on any atom is 0.122 e. The van der Waals surface area contributed by atoms with Crippen LogP contribution in [0.5, 0.6) is 5.75 Å². The van der Waals surface area contributed by atoms with E-state index in [2.05, 4.69) is 11.1 Å². The molecule has 1 aliphatic heterocycles. The molecular weight excluding hydrogens is 238 g/mol. The molecule has 2 aromatic rings. The van der Waals surface area contributed by atoms with Gasteiger partial charge < -0.3 is 9.84 Å². The van der Waals surface area contributed by atoms with Crippen molar-refractivity contribution in [2.45, 2.75) is 25.4 Å². The topological polar surface area (TPSA) is 42.4 Å². The van der Waals surface area contributed by atoms with Crippen molar-refractivity contribution < 1.29 is 9.84 Å². The van der Waals surface area contributed by atoms with Crippen molar-refractivity contribution in [3.63, 3.8) is 0 Å². The molecule has 3 heteroatoms. The fourth-order valence-corrected chi connectivity index (χ4v) is 2.41. The number of rotatable bonds is 4. The Bertz CT molecular complexity index is 554. The number of ether oxygens (including phenoxy) is 1. The predicted molar refractivity (Wildman–Crippen MR) is 73.2 cm³/mol. The first-order chi connectivity index (χ1) is 9.33. The maximum absolute atomic E-state index is 10.2. The zero-order valence-electron chi connectivity index (χ0n) is 10.7. The number of aryl methyl sites for hydroxylation is 1. The van der Waals surface area contributed by atoms with E-state index in [0.717, 1.165) is 36.5 Å². The minimum absolute atomic E-state index is 0.437. The smallest absolute Gasteiger partial charge is 0.122 e. The number of nitrogens with zero attached hydrogens (tertiary/aromatic N) is 1. The summed E-state index contributed by atoms with van der Waals surface area (Å²) < 4.78 is 5.47. The number of fused-ring (bicyclic) bond motifs is 1. The highest BCUT2D eigenvalue weighted by Gasteiger charge is 2.15. The number of pyridine rings is 1. The van der Waals surface area contributed by atoms with E-state index >= 15 is 0 Å². The molecule has 3 nitrogen and oxygen atoms in total. The van der Waals surface area contributed by atoms with Gasteiger partial charge in [-0.05, 0) is 48.2 Å². The Morgan fingerprint density at radius 2 is 2.21 bits per heavy atom. The minimum atomic E-state index is -0.437. The van der Waals surface area contributed by atoms with Crippen LogP contribution in [0.2, 0.25) is 0 Å². The number of hydrogen-bond acceptors (Lipinski definition) is 3. The number of aliphatic hydroxyl groups is 1. The summed E-state index contributed by atoms with van der Waals surface area (Å²) in [4.78, 5) is 4.27. The zero-order valence-corrected chi connectivity index (χ0v) is 10.7. The Labute approximate surface area is 112 Å². The van der Waals surface area contributed by atoms with Crippen LogP contribution in [0.15, 0.2) is 42.6 Å². The molecule has 0 saturated heterocycles. The molecule has 1 atom stereocenters. The largest absolute Gasteiger partial charge is 0.493 e. The van der Waals surface area contributed by atoms with Gasteiger partial charge in [0.25, 0.3) is 0 Å². The average Bonchev–Trinajstić information content (AvgIpc) is 2.93. The Kier molecular flexibility index (Phi) is 3.47. The van der Waals surface area contributed by atoms with E-state index in [1.165, 1.54) is 5.56 Å². The lowest BCUT2D eigenvalue weighted by atomic mass is 10.0. The zero-order chi connectivity index (χ0) is 13.1. The standard InChI is InChI=1S/C16H17NO2/c18-15(6-5-14-3-1-2-9-17-14)12-4-7-16-13(11-12)8-10-19-16/h1-4,7,9,11,15,18H,5-6,8,10H2. The van der Waals surface area contributed by atoms with Gasteiger partial charge in [-0.2, -0.15) is 0 Å². The van der Waals surface area contributed by atoms with E-state index in [0.29, 0.717) is 6.42 Å². The van der Waals surface area contributed by atoms with Crippen molar-refractivity contribution in [1.82, 2.24) is 4.98 Å². The van der Waals surface area contributed by atoms with Crippen molar-refractivity contribution >= 4 is 0 Å². The van der Waals surface area contributed by atoms with Crippen LogP contribution in [0.3, 0.4) is 0 Å². The molecule has 98 valence electrons. The molecule has 1 aliphatic rings. The summed E-state index contributed by atoms with van der Waals surface area (Å²) in [5.74, 6) is 0.959. The summed E-state index contributed by atoms with van der Waals surface area (Å²) in [6.45, 7) is 0.753. The molecule has 0 saturated carbocycles. The van der Waals surface area contributed by atoms with Gasteiger partial charge in [0.2, 0.25) is 0 Å². The van der Waals surface area contributed by atoms with Crippen LogP contribution >= 0.6 is 0 Å². The van der Waals surface area contributed by atoms with Crippen LogP contribution in [-0.4, -0.2) is 16.7 Å². The van der Waals surface area contributed by atoms with Gasteiger partial charge in [0.05, 0.1) is 12.7 Å². The van der Waals surface area contributed by atoms with Crippen molar-refractivity contribution in [1.29, 1.82) is 0 Å². The summed E-state index contributed by atoms with van der Waals surface area (Å²) in [5, 5.41) is 10.2. The van der Waals surface area contributed by atoms with E-state index in [9.17, 15) is 5.11 Å². The Morgan fingerprint density at radius 3 is 3.05 bits per heavy atom. The minimum Gasteiger partial charge on any atom is -0.493 e. The Hall–Kier alpha value is -1.87. The average molecular weight is 255 g/mol. The number of aliphatic hydroxyl groups excluding tert-OH is 1. The molecule has 1 N–H and O–H groups in total. The lowest BCUT2D eigenvalue weighted by molar-refractivity contribution is 0.167. The molecule has 0 radical (unpaired) electrons. The first-order valence-electron chi connectivity index (χ1n) is 6.66. The number of hydrogen-bond donors (Lipinski definition) is 1. The molecule has 0 bridgehead atoms. The SMILES string of the molecule is OC(CCc1ccccn1)c1ccc2c(c1)CCO2. The van der Waals surface area contributed by atoms with Crippen molar-refractivity contribution in [2.75, 3.05) is 6.61 Å². The second-order valence-electron chi connectivity index (χ2n) is 4.84. The van der Waals surface area contributed by atoms with Gasteiger partial charge in [0.1, 0.15) is 5.75 Å². The monoisotopic (exact) mass is 255 g/mol. The van der Waals surface area contributed by atoms with E-state index in [4.69, 9.17) is 4.74 Å². The summed E-state index contributed by atoms with van der Waals surface area (Å²) in [7, 11) is 0. The van der Waals surface area contributed by atoms with E-state index < -0.39 is 6.10 Å². The second kappa shape index (κ2) is 5.41. The van der Waals surface area contributed by atoms with Crippen molar-refractivity contribution in [2.24, 2.45) is 0 Å². The first-order valence-corrected chi connectivity index (χ1v) is 6.66. The molecule has 0 fully saturated rings. The van der Waals surface area contributed by atoms with Crippen LogP contribution in [0.25, 0.3) is 0 Å². The third-order valence-corrected chi connectivity index (χ3v) is 3.50. The third kappa shape index (κ3) is 2.76. The highest BCUT2D eigenvalue weighted by molar-refractivity contribution is 5.40. The molecule has 1 aromatic carbocycles. The van der Waals surface area contributed by atoms with Crippen molar-refractivity contribution in [3.05, 3.63) is 59.4 Å². The fraction of sp³-hybridized carbons (Fsp3) is 0.312. The molecular formula is C16H17NO2. The predicted octanol–water partition coefficient (Wildman–Crippen LogP) is 2.68. The lowest BCUT2D eigenvalue weighted by Crippen LogP contribution is -2.01. The highest BCUT2D eigenvalue weighted by Crippen LogP contribution is 2.29. The summed E-state index contributed by atoms with van der Waals surface area (Å²) >= 11 is 0. The van der Waals surface area contributed by atoms with E-state index in [-0.39, 0.29) is 0 Å². The number of benzene rings is 1. The third-order valence-electron chi connectivity index (χ3n) is 3.50. The van der Waals surface area contributed by atoms with Crippen molar-refractivity contribution in [3.8, 4) is 5.75 Å². The fourth-order valence-electron chi connectivity index (χ4n) is 2.41. The highest BCUT2D eigenvalue weighted by atomic mass is 16.5. The Morgan fingerprint density at radius 1 is 1.26 bits per heavy atom. The number of aromatic nitrogens is 1. The van der Waals surface area contributed by atoms with Gasteiger partial charge in [-0.3, -0.25) is 4.98 Å². The van der Waals surface area contributed by atoms with Gasteiger partial charge in [0, 0.05) is 18.3 Å². The van der Waals surface area contributed by atoms with Gasteiger partial charge >= 0.3 is 0 Å². The summed E-state index contributed by atoms with van der Waals surface area (Å²) in [5.41, 5.74) is 3.20. The quantitative estimate of drug-likeness (QED) is 0.913. The van der Waals surface area contributed by atoms with Crippen LogP contribution in [-0.2, 0) is 12.8 Å². The first kappa shape index (κ1) is 12.2.